The minimum atomic E-state index is -1.58. The lowest BCUT2D eigenvalue weighted by molar-refractivity contribution is -0.105. The minimum Gasteiger partial charge on any atom is -0.303 e. The van der Waals surface area contributed by atoms with Gasteiger partial charge in [-0.25, -0.2) is 0 Å². The van der Waals surface area contributed by atoms with E-state index in [1.54, 1.807) is 0 Å². The Morgan fingerprint density at radius 3 is 2.50 bits per heavy atom. The Kier molecular flexibility index (Phi) is 3.19. The molecule has 0 aliphatic carbocycles. The molecule has 0 aliphatic heterocycles. The highest BCUT2D eigenvalue weighted by atomic mass is 32.4. The second kappa shape index (κ2) is 3.97. The lowest BCUT2D eigenvalue weighted by atomic mass is 10.4. The molecular formula is C9H11OPS. The number of rotatable bonds is 3. The average Bonchev–Trinajstić information content (AvgIpc) is 2.06. The summed E-state index contributed by atoms with van der Waals surface area (Å²) < 4.78 is 0. The second-order valence-electron chi connectivity index (χ2n) is 2.79. The van der Waals surface area contributed by atoms with Crippen LogP contribution >= 0.6 is 6.04 Å². The van der Waals surface area contributed by atoms with Crippen LogP contribution in [0.25, 0.3) is 0 Å². The number of benzene rings is 1. The Morgan fingerprint density at radius 2 is 2.00 bits per heavy atom. The molecule has 0 fully saturated rings. The first-order valence-corrected chi connectivity index (χ1v) is 7.16. The van der Waals surface area contributed by atoms with Crippen LogP contribution in [0.15, 0.2) is 30.3 Å². The average molecular weight is 198 g/mol. The van der Waals surface area contributed by atoms with Crippen LogP contribution in [0, 0.1) is 0 Å². The monoisotopic (exact) mass is 198 g/mol. The summed E-state index contributed by atoms with van der Waals surface area (Å²) in [5.74, 6) is 0. The summed E-state index contributed by atoms with van der Waals surface area (Å²) in [6.07, 6.45) is 1.43. The predicted octanol–water partition coefficient (Wildman–Crippen LogP) is 1.62. The fraction of sp³-hybridized carbons (Fsp3) is 0.222. The van der Waals surface area contributed by atoms with Crippen LogP contribution in [0.5, 0.6) is 0 Å². The van der Waals surface area contributed by atoms with E-state index in [-0.39, 0.29) is 0 Å². The molecule has 0 saturated carbocycles. The van der Waals surface area contributed by atoms with Gasteiger partial charge in [0.25, 0.3) is 0 Å². The van der Waals surface area contributed by atoms with Crippen molar-refractivity contribution in [1.82, 2.24) is 0 Å². The Hall–Kier alpha value is -0.460. The van der Waals surface area contributed by atoms with Crippen molar-refractivity contribution in [1.29, 1.82) is 0 Å². The van der Waals surface area contributed by atoms with E-state index in [0.717, 1.165) is 11.6 Å². The molecule has 0 N–H and O–H groups in total. The highest BCUT2D eigenvalue weighted by molar-refractivity contribution is 8.18. The van der Waals surface area contributed by atoms with Crippen LogP contribution in [0.4, 0.5) is 0 Å². The van der Waals surface area contributed by atoms with Crippen LogP contribution in [0.1, 0.15) is 0 Å². The van der Waals surface area contributed by atoms with Gasteiger partial charge >= 0.3 is 0 Å². The van der Waals surface area contributed by atoms with Crippen molar-refractivity contribution in [3.05, 3.63) is 30.3 Å². The fourth-order valence-corrected chi connectivity index (χ4v) is 2.84. The maximum Gasteiger partial charge on any atom is 0.125 e. The van der Waals surface area contributed by atoms with E-state index < -0.39 is 6.04 Å². The van der Waals surface area contributed by atoms with Gasteiger partial charge in [-0.05, 0) is 18.0 Å². The summed E-state index contributed by atoms with van der Waals surface area (Å²) in [5.41, 5.74) is 0. The number of carbonyl (C=O) groups is 1. The van der Waals surface area contributed by atoms with Gasteiger partial charge in [0.05, 0.1) is 0 Å². The van der Waals surface area contributed by atoms with Crippen molar-refractivity contribution in [2.45, 2.75) is 0 Å². The first-order chi connectivity index (χ1) is 5.67. The third kappa shape index (κ3) is 2.26. The molecule has 1 aromatic rings. The standard InChI is InChI=1S/C9H11OPS/c1-11(12,8-7-10)9-5-3-2-4-6-9/h2-7H,8H2,1H3. The summed E-state index contributed by atoms with van der Waals surface area (Å²) >= 11 is 5.39. The molecule has 0 bridgehead atoms. The fourth-order valence-electron chi connectivity index (χ4n) is 0.991. The van der Waals surface area contributed by atoms with E-state index in [2.05, 4.69) is 0 Å². The second-order valence-corrected chi connectivity index (χ2v) is 8.29. The SMILES string of the molecule is CP(=S)(CC=O)c1ccccc1. The molecule has 3 heteroatoms. The topological polar surface area (TPSA) is 17.1 Å². The van der Waals surface area contributed by atoms with Crippen molar-refractivity contribution >= 4 is 29.4 Å². The lowest BCUT2D eigenvalue weighted by Gasteiger charge is -2.12. The van der Waals surface area contributed by atoms with Crippen molar-refractivity contribution in [3.63, 3.8) is 0 Å². The van der Waals surface area contributed by atoms with E-state index in [9.17, 15) is 4.79 Å². The van der Waals surface area contributed by atoms with Gasteiger partial charge in [0, 0.05) is 6.16 Å². The predicted molar refractivity (Wildman–Crippen MR) is 57.2 cm³/mol. The van der Waals surface area contributed by atoms with Crippen LogP contribution < -0.4 is 5.30 Å². The minimum absolute atomic E-state index is 0.506. The number of hydrogen-bond acceptors (Lipinski definition) is 2. The summed E-state index contributed by atoms with van der Waals surface area (Å²) in [5, 5.41) is 1.15. The molecule has 1 atom stereocenters. The van der Waals surface area contributed by atoms with Gasteiger partial charge in [0.1, 0.15) is 6.29 Å². The van der Waals surface area contributed by atoms with Gasteiger partial charge in [0.2, 0.25) is 0 Å². The van der Waals surface area contributed by atoms with Gasteiger partial charge in [-0.1, -0.05) is 42.1 Å². The molecule has 1 rings (SSSR count). The normalized spacial score (nSPS) is 15.1. The summed E-state index contributed by atoms with van der Waals surface area (Å²) in [4.78, 5) is 10.4. The molecule has 0 saturated heterocycles. The Labute approximate surface area is 77.8 Å². The Morgan fingerprint density at radius 1 is 1.42 bits per heavy atom. The molecule has 0 aromatic heterocycles. The zero-order chi connectivity index (χ0) is 9.03. The molecule has 0 heterocycles. The van der Waals surface area contributed by atoms with Gasteiger partial charge in [0.15, 0.2) is 0 Å². The summed E-state index contributed by atoms with van der Waals surface area (Å²) in [6, 6.07) is 8.31. The quantitative estimate of drug-likeness (QED) is 0.542. The molecule has 64 valence electrons. The number of hydrogen-bond donors (Lipinski definition) is 0. The third-order valence-corrected chi connectivity index (χ3v) is 5.04. The molecule has 12 heavy (non-hydrogen) atoms. The van der Waals surface area contributed by atoms with E-state index in [1.807, 2.05) is 37.0 Å². The first-order valence-electron chi connectivity index (χ1n) is 3.72. The van der Waals surface area contributed by atoms with Gasteiger partial charge in [-0.3, -0.25) is 0 Å². The van der Waals surface area contributed by atoms with E-state index in [4.69, 9.17) is 11.8 Å². The van der Waals surface area contributed by atoms with Crippen molar-refractivity contribution < 1.29 is 4.79 Å². The molecule has 0 amide bonds. The van der Waals surface area contributed by atoms with E-state index >= 15 is 0 Å². The Balaban J connectivity index is 2.98. The van der Waals surface area contributed by atoms with Gasteiger partial charge in [-0.15, -0.1) is 0 Å². The van der Waals surface area contributed by atoms with Crippen LogP contribution in [-0.4, -0.2) is 19.1 Å². The number of carbonyl (C=O) groups excluding carboxylic acids is 1. The van der Waals surface area contributed by atoms with Gasteiger partial charge < -0.3 is 4.79 Å². The highest BCUT2D eigenvalue weighted by Crippen LogP contribution is 2.38. The zero-order valence-corrected chi connectivity index (χ0v) is 8.65. The molecule has 1 aromatic carbocycles. The smallest absolute Gasteiger partial charge is 0.125 e. The molecular weight excluding hydrogens is 187 g/mol. The first kappa shape index (κ1) is 9.63. The highest BCUT2D eigenvalue weighted by Gasteiger charge is 2.10. The van der Waals surface area contributed by atoms with Crippen LogP contribution in [0.2, 0.25) is 0 Å². The van der Waals surface area contributed by atoms with Gasteiger partial charge in [-0.2, -0.15) is 0 Å². The molecule has 1 unspecified atom stereocenters. The van der Waals surface area contributed by atoms with E-state index in [0.29, 0.717) is 6.16 Å². The maximum atomic E-state index is 10.4. The zero-order valence-electron chi connectivity index (χ0n) is 6.93. The third-order valence-electron chi connectivity index (χ3n) is 1.73. The van der Waals surface area contributed by atoms with Crippen LogP contribution in [0.3, 0.4) is 0 Å². The van der Waals surface area contributed by atoms with Crippen molar-refractivity contribution in [2.24, 2.45) is 0 Å². The van der Waals surface area contributed by atoms with E-state index in [1.165, 1.54) is 0 Å². The molecule has 0 spiro atoms. The van der Waals surface area contributed by atoms with Crippen molar-refractivity contribution in [2.75, 3.05) is 12.8 Å². The summed E-state index contributed by atoms with van der Waals surface area (Å²) in [7, 11) is 0. The maximum absolute atomic E-state index is 10.4. The van der Waals surface area contributed by atoms with Crippen LogP contribution in [-0.2, 0) is 16.6 Å². The molecule has 1 nitrogen and oxygen atoms in total. The van der Waals surface area contributed by atoms with Crippen molar-refractivity contribution in [3.8, 4) is 0 Å². The molecule has 0 aliphatic rings. The molecule has 0 radical (unpaired) electrons. The largest absolute Gasteiger partial charge is 0.303 e. The lowest BCUT2D eigenvalue weighted by Crippen LogP contribution is -2.05. The summed E-state index contributed by atoms with van der Waals surface area (Å²) in [6.45, 7) is 2.01. The number of aldehydes is 1. The Bertz CT molecular complexity index is 308.